The van der Waals surface area contributed by atoms with Crippen molar-refractivity contribution >= 4 is 45.4 Å². The van der Waals surface area contributed by atoms with Gasteiger partial charge in [-0.1, -0.05) is 44.0 Å². The lowest BCUT2D eigenvalue weighted by Crippen LogP contribution is -2.11. The van der Waals surface area contributed by atoms with E-state index in [4.69, 9.17) is 23.2 Å². The lowest BCUT2D eigenvalue weighted by molar-refractivity contribution is 0.573. The Morgan fingerprint density at radius 1 is 1.22 bits per heavy atom. The molecule has 0 atom stereocenters. The molecule has 2 rings (SSSR count). The third kappa shape index (κ3) is 3.16. The summed E-state index contributed by atoms with van der Waals surface area (Å²) in [6.45, 7) is 6.42. The number of rotatable bonds is 2. The van der Waals surface area contributed by atoms with E-state index < -0.39 is 0 Å². The molecule has 0 spiro atoms. The van der Waals surface area contributed by atoms with Crippen molar-refractivity contribution in [2.45, 2.75) is 26.2 Å². The Labute approximate surface area is 121 Å². The average Bonchev–Trinajstić information content (AvgIpc) is 2.70. The van der Waals surface area contributed by atoms with Crippen molar-refractivity contribution in [3.8, 4) is 0 Å². The van der Waals surface area contributed by atoms with Gasteiger partial charge in [0.2, 0.25) is 0 Å². The van der Waals surface area contributed by atoms with Gasteiger partial charge in [0.1, 0.15) is 0 Å². The Morgan fingerprint density at radius 3 is 2.50 bits per heavy atom. The molecule has 0 bridgehead atoms. The molecule has 96 valence electrons. The maximum atomic E-state index is 6.11. The first-order chi connectivity index (χ1) is 8.36. The largest absolute Gasteiger partial charge is 0.330 e. The minimum atomic E-state index is 0.0558. The maximum absolute atomic E-state index is 6.11. The molecule has 0 aliphatic heterocycles. The highest BCUT2D eigenvalue weighted by molar-refractivity contribution is 7.13. The molecule has 1 aromatic carbocycles. The summed E-state index contributed by atoms with van der Waals surface area (Å²) < 4.78 is 0. The summed E-state index contributed by atoms with van der Waals surface area (Å²) in [7, 11) is 0. The van der Waals surface area contributed by atoms with Gasteiger partial charge in [-0.3, -0.25) is 0 Å². The first-order valence-corrected chi connectivity index (χ1v) is 7.18. The molecule has 18 heavy (non-hydrogen) atoms. The number of halogens is 2. The van der Waals surface area contributed by atoms with Crippen LogP contribution in [0.3, 0.4) is 0 Å². The van der Waals surface area contributed by atoms with Gasteiger partial charge in [-0.05, 0) is 18.2 Å². The van der Waals surface area contributed by atoms with Gasteiger partial charge in [-0.25, -0.2) is 4.98 Å². The Morgan fingerprint density at radius 2 is 1.94 bits per heavy atom. The fraction of sp³-hybridized carbons (Fsp3) is 0.308. The van der Waals surface area contributed by atoms with Crippen molar-refractivity contribution in [3.63, 3.8) is 0 Å². The third-order valence-electron chi connectivity index (χ3n) is 2.45. The molecule has 0 aliphatic rings. The van der Waals surface area contributed by atoms with Crippen molar-refractivity contribution in [2.24, 2.45) is 0 Å². The molecule has 0 aliphatic carbocycles. The summed E-state index contributed by atoms with van der Waals surface area (Å²) in [5, 5.41) is 7.33. The van der Waals surface area contributed by atoms with Crippen LogP contribution in [0.1, 0.15) is 26.5 Å². The van der Waals surface area contributed by atoms with E-state index in [0.29, 0.717) is 10.0 Å². The summed E-state index contributed by atoms with van der Waals surface area (Å²) in [6, 6.07) is 5.36. The van der Waals surface area contributed by atoms with E-state index >= 15 is 0 Å². The summed E-state index contributed by atoms with van der Waals surface area (Å²) in [5.74, 6) is 0. The standard InChI is InChI=1S/C13H14Cl2N2S/c1-13(2,3)11-7-18-12(17-11)16-10-5-4-8(14)6-9(10)15/h4-7H,1-3H3,(H,16,17). The van der Waals surface area contributed by atoms with E-state index in [1.54, 1.807) is 23.5 Å². The Bertz CT molecular complexity index is 558. The van der Waals surface area contributed by atoms with Crippen LogP contribution in [-0.2, 0) is 5.41 Å². The molecule has 0 fully saturated rings. The van der Waals surface area contributed by atoms with E-state index in [0.717, 1.165) is 16.5 Å². The Kier molecular flexibility index (Phi) is 3.85. The second-order valence-electron chi connectivity index (χ2n) is 5.04. The van der Waals surface area contributed by atoms with Crippen LogP contribution in [0, 0.1) is 0 Å². The first kappa shape index (κ1) is 13.7. The number of aromatic nitrogens is 1. The average molecular weight is 301 g/mol. The molecule has 0 amide bonds. The predicted octanol–water partition coefficient (Wildman–Crippen LogP) is 5.49. The number of nitrogens with zero attached hydrogens (tertiary/aromatic N) is 1. The molecule has 0 saturated carbocycles. The van der Waals surface area contributed by atoms with Crippen LogP contribution in [0.5, 0.6) is 0 Å². The Balaban J connectivity index is 2.21. The number of hydrogen-bond acceptors (Lipinski definition) is 3. The highest BCUT2D eigenvalue weighted by Gasteiger charge is 2.17. The lowest BCUT2D eigenvalue weighted by Gasteiger charge is -2.14. The van der Waals surface area contributed by atoms with Crippen LogP contribution in [0.15, 0.2) is 23.6 Å². The second kappa shape index (κ2) is 5.08. The normalized spacial score (nSPS) is 11.6. The van der Waals surface area contributed by atoms with Gasteiger partial charge in [-0.15, -0.1) is 11.3 Å². The monoisotopic (exact) mass is 300 g/mol. The highest BCUT2D eigenvalue weighted by atomic mass is 35.5. The van der Waals surface area contributed by atoms with Crippen LogP contribution in [0.2, 0.25) is 10.0 Å². The van der Waals surface area contributed by atoms with Crippen molar-refractivity contribution in [2.75, 3.05) is 5.32 Å². The molecular weight excluding hydrogens is 287 g/mol. The molecular formula is C13H14Cl2N2S. The smallest absolute Gasteiger partial charge is 0.187 e. The number of thiazole rings is 1. The fourth-order valence-electron chi connectivity index (χ4n) is 1.38. The van der Waals surface area contributed by atoms with Crippen molar-refractivity contribution in [3.05, 3.63) is 39.3 Å². The molecule has 0 unspecified atom stereocenters. The zero-order valence-corrected chi connectivity index (χ0v) is 12.7. The third-order valence-corrected chi connectivity index (χ3v) is 3.75. The molecule has 2 nitrogen and oxygen atoms in total. The molecule has 1 aromatic heterocycles. The van der Waals surface area contributed by atoms with Crippen molar-refractivity contribution in [1.82, 2.24) is 4.98 Å². The number of benzene rings is 1. The van der Waals surface area contributed by atoms with Crippen LogP contribution in [-0.4, -0.2) is 4.98 Å². The van der Waals surface area contributed by atoms with Gasteiger partial charge in [0.15, 0.2) is 5.13 Å². The summed E-state index contributed by atoms with van der Waals surface area (Å²) >= 11 is 13.5. The number of anilines is 2. The van der Waals surface area contributed by atoms with E-state index in [-0.39, 0.29) is 5.41 Å². The zero-order chi connectivity index (χ0) is 13.3. The summed E-state index contributed by atoms with van der Waals surface area (Å²) in [4.78, 5) is 4.56. The molecule has 5 heteroatoms. The topological polar surface area (TPSA) is 24.9 Å². The fourth-order valence-corrected chi connectivity index (χ4v) is 2.79. The number of nitrogens with one attached hydrogen (secondary N) is 1. The summed E-state index contributed by atoms with van der Waals surface area (Å²) in [6.07, 6.45) is 0. The van der Waals surface area contributed by atoms with Gasteiger partial charge in [-0.2, -0.15) is 0 Å². The minimum Gasteiger partial charge on any atom is -0.330 e. The van der Waals surface area contributed by atoms with E-state index in [1.165, 1.54) is 0 Å². The van der Waals surface area contributed by atoms with Gasteiger partial charge in [0.05, 0.1) is 16.4 Å². The van der Waals surface area contributed by atoms with Gasteiger partial charge in [0, 0.05) is 15.8 Å². The molecule has 1 N–H and O–H groups in total. The summed E-state index contributed by atoms with van der Waals surface area (Å²) in [5.41, 5.74) is 1.94. The van der Waals surface area contributed by atoms with Crippen molar-refractivity contribution in [1.29, 1.82) is 0 Å². The minimum absolute atomic E-state index is 0.0558. The molecule has 0 saturated heterocycles. The second-order valence-corrected chi connectivity index (χ2v) is 6.74. The van der Waals surface area contributed by atoms with Crippen LogP contribution in [0.25, 0.3) is 0 Å². The lowest BCUT2D eigenvalue weighted by atomic mass is 9.93. The van der Waals surface area contributed by atoms with Gasteiger partial charge >= 0.3 is 0 Å². The molecule has 0 radical (unpaired) electrons. The van der Waals surface area contributed by atoms with Gasteiger partial charge in [0.25, 0.3) is 0 Å². The predicted molar refractivity (Wildman–Crippen MR) is 80.6 cm³/mol. The maximum Gasteiger partial charge on any atom is 0.187 e. The quantitative estimate of drug-likeness (QED) is 0.793. The van der Waals surface area contributed by atoms with Crippen LogP contribution in [0.4, 0.5) is 10.8 Å². The SMILES string of the molecule is CC(C)(C)c1csc(Nc2ccc(Cl)cc2Cl)n1. The van der Waals surface area contributed by atoms with E-state index in [9.17, 15) is 0 Å². The zero-order valence-electron chi connectivity index (χ0n) is 10.4. The van der Waals surface area contributed by atoms with Crippen LogP contribution < -0.4 is 5.32 Å². The molecule has 2 aromatic rings. The first-order valence-electron chi connectivity index (χ1n) is 5.54. The molecule has 1 heterocycles. The number of hydrogen-bond donors (Lipinski definition) is 1. The Hall–Kier alpha value is -0.770. The van der Waals surface area contributed by atoms with Crippen molar-refractivity contribution < 1.29 is 0 Å². The van der Waals surface area contributed by atoms with E-state index in [2.05, 4.69) is 36.5 Å². The van der Waals surface area contributed by atoms with Gasteiger partial charge < -0.3 is 5.32 Å². The highest BCUT2D eigenvalue weighted by Crippen LogP contribution is 2.31. The van der Waals surface area contributed by atoms with Crippen LogP contribution >= 0.6 is 34.5 Å². The van der Waals surface area contributed by atoms with E-state index in [1.807, 2.05) is 6.07 Å².